The van der Waals surface area contributed by atoms with Crippen molar-refractivity contribution in [2.75, 3.05) is 0 Å². The molecule has 1 heterocycles. The highest BCUT2D eigenvalue weighted by molar-refractivity contribution is 7.12. The van der Waals surface area contributed by atoms with Crippen molar-refractivity contribution in [3.05, 3.63) is 57.8 Å². The summed E-state index contributed by atoms with van der Waals surface area (Å²) in [6, 6.07) is 11.8. The number of rotatable bonds is 3. The van der Waals surface area contributed by atoms with Gasteiger partial charge in [0.1, 0.15) is 0 Å². The van der Waals surface area contributed by atoms with Gasteiger partial charge in [-0.2, -0.15) is 5.10 Å². The van der Waals surface area contributed by atoms with E-state index in [1.165, 1.54) is 16.9 Å². The summed E-state index contributed by atoms with van der Waals surface area (Å²) < 4.78 is 0. The first-order valence-electron chi connectivity index (χ1n) is 6.44. The number of nitrogens with zero attached hydrogens (tertiary/aromatic N) is 1. The number of hydrogen-bond donors (Lipinski definition) is 1. The van der Waals surface area contributed by atoms with Crippen molar-refractivity contribution in [2.24, 2.45) is 5.10 Å². The zero-order valence-electron chi connectivity index (χ0n) is 11.9. The Morgan fingerprint density at radius 2 is 1.90 bits per heavy atom. The molecule has 0 saturated carbocycles. The standard InChI is InChI=1S/C16H18N2OS/c1-16(2,3)13-8-6-12(7-9-13)11-17-18-15(19)14-5-4-10-20-14/h4-11H,1-3H3,(H,18,19). The van der Waals surface area contributed by atoms with Crippen LogP contribution in [0.15, 0.2) is 46.9 Å². The van der Waals surface area contributed by atoms with Gasteiger partial charge in [0.05, 0.1) is 11.1 Å². The van der Waals surface area contributed by atoms with E-state index >= 15 is 0 Å². The van der Waals surface area contributed by atoms with E-state index in [1.54, 1.807) is 12.3 Å². The molecule has 1 aromatic carbocycles. The van der Waals surface area contributed by atoms with E-state index in [4.69, 9.17) is 0 Å². The van der Waals surface area contributed by atoms with Crippen LogP contribution in [0, 0.1) is 0 Å². The van der Waals surface area contributed by atoms with E-state index in [9.17, 15) is 4.79 Å². The SMILES string of the molecule is CC(C)(C)c1ccc(C=NNC(=O)c2cccs2)cc1. The van der Waals surface area contributed by atoms with Crippen molar-refractivity contribution in [1.82, 2.24) is 5.43 Å². The molecule has 4 heteroatoms. The molecule has 0 saturated heterocycles. The molecule has 0 bridgehead atoms. The lowest BCUT2D eigenvalue weighted by Crippen LogP contribution is -2.16. The summed E-state index contributed by atoms with van der Waals surface area (Å²) in [6.45, 7) is 6.53. The lowest BCUT2D eigenvalue weighted by atomic mass is 9.87. The molecule has 3 nitrogen and oxygen atoms in total. The lowest BCUT2D eigenvalue weighted by Gasteiger charge is -2.18. The number of carbonyl (C=O) groups is 1. The van der Waals surface area contributed by atoms with Crippen molar-refractivity contribution in [3.8, 4) is 0 Å². The van der Waals surface area contributed by atoms with Gasteiger partial charge in [0.2, 0.25) is 0 Å². The van der Waals surface area contributed by atoms with Crippen LogP contribution in [-0.4, -0.2) is 12.1 Å². The number of benzene rings is 1. The van der Waals surface area contributed by atoms with Gasteiger partial charge < -0.3 is 0 Å². The fourth-order valence-corrected chi connectivity index (χ4v) is 2.31. The van der Waals surface area contributed by atoms with Crippen molar-refractivity contribution in [3.63, 3.8) is 0 Å². The fraction of sp³-hybridized carbons (Fsp3) is 0.250. The van der Waals surface area contributed by atoms with Crippen molar-refractivity contribution in [1.29, 1.82) is 0 Å². The number of thiophene rings is 1. The Hall–Kier alpha value is -1.94. The Labute approximate surface area is 123 Å². The third-order valence-corrected chi connectivity index (χ3v) is 3.77. The molecular formula is C16H18N2OS. The van der Waals surface area contributed by atoms with Gasteiger partial charge in [0, 0.05) is 0 Å². The van der Waals surface area contributed by atoms with E-state index in [-0.39, 0.29) is 11.3 Å². The number of hydrogen-bond acceptors (Lipinski definition) is 3. The fourth-order valence-electron chi connectivity index (χ4n) is 1.70. The van der Waals surface area contributed by atoms with Crippen molar-refractivity contribution < 1.29 is 4.79 Å². The monoisotopic (exact) mass is 286 g/mol. The Kier molecular flexibility index (Phi) is 4.35. The van der Waals surface area contributed by atoms with Gasteiger partial charge in [-0.3, -0.25) is 4.79 Å². The van der Waals surface area contributed by atoms with Gasteiger partial charge in [-0.05, 0) is 28.0 Å². The summed E-state index contributed by atoms with van der Waals surface area (Å²) in [5.74, 6) is -0.178. The maximum Gasteiger partial charge on any atom is 0.281 e. The van der Waals surface area contributed by atoms with E-state index in [1.807, 2.05) is 23.6 Å². The highest BCUT2D eigenvalue weighted by Gasteiger charge is 2.12. The minimum absolute atomic E-state index is 0.142. The van der Waals surface area contributed by atoms with Gasteiger partial charge in [-0.15, -0.1) is 11.3 Å². The molecule has 0 radical (unpaired) electrons. The van der Waals surface area contributed by atoms with Crippen LogP contribution in [0.25, 0.3) is 0 Å². The number of carbonyl (C=O) groups excluding carboxylic acids is 1. The molecule has 0 aliphatic rings. The largest absolute Gasteiger partial charge is 0.281 e. The Morgan fingerprint density at radius 3 is 2.45 bits per heavy atom. The van der Waals surface area contributed by atoms with Crippen molar-refractivity contribution in [2.45, 2.75) is 26.2 Å². The quantitative estimate of drug-likeness (QED) is 0.676. The van der Waals surface area contributed by atoms with E-state index < -0.39 is 0 Å². The molecule has 1 N–H and O–H groups in total. The maximum absolute atomic E-state index is 11.7. The highest BCUT2D eigenvalue weighted by atomic mass is 32.1. The number of hydrazone groups is 1. The molecule has 2 rings (SSSR count). The van der Waals surface area contributed by atoms with Gasteiger partial charge in [0.25, 0.3) is 5.91 Å². The van der Waals surface area contributed by atoms with Gasteiger partial charge in [0.15, 0.2) is 0 Å². The van der Waals surface area contributed by atoms with Crippen LogP contribution in [0.5, 0.6) is 0 Å². The molecule has 0 aliphatic heterocycles. The third kappa shape index (κ3) is 3.78. The molecule has 1 aromatic heterocycles. The smallest absolute Gasteiger partial charge is 0.266 e. The normalized spacial score (nSPS) is 11.8. The zero-order chi connectivity index (χ0) is 14.6. The topological polar surface area (TPSA) is 41.5 Å². The van der Waals surface area contributed by atoms with Gasteiger partial charge in [-0.1, -0.05) is 51.1 Å². The number of nitrogens with one attached hydrogen (secondary N) is 1. The second-order valence-electron chi connectivity index (χ2n) is 5.55. The average molecular weight is 286 g/mol. The first kappa shape index (κ1) is 14.5. The average Bonchev–Trinajstić information content (AvgIpc) is 2.92. The third-order valence-electron chi connectivity index (χ3n) is 2.90. The minimum Gasteiger partial charge on any atom is -0.266 e. The summed E-state index contributed by atoms with van der Waals surface area (Å²) in [5.41, 5.74) is 4.90. The van der Waals surface area contributed by atoms with Crippen LogP contribution in [0.2, 0.25) is 0 Å². The molecule has 0 spiro atoms. The summed E-state index contributed by atoms with van der Waals surface area (Å²) in [5, 5.41) is 5.84. The van der Waals surface area contributed by atoms with Crippen LogP contribution in [0.3, 0.4) is 0 Å². The first-order valence-corrected chi connectivity index (χ1v) is 7.32. The van der Waals surface area contributed by atoms with Crippen molar-refractivity contribution >= 4 is 23.5 Å². The summed E-state index contributed by atoms with van der Waals surface area (Å²) in [4.78, 5) is 12.3. The van der Waals surface area contributed by atoms with E-state index in [2.05, 4.69) is 43.4 Å². The molecule has 20 heavy (non-hydrogen) atoms. The molecular weight excluding hydrogens is 268 g/mol. The van der Waals surface area contributed by atoms with Crippen LogP contribution in [0.4, 0.5) is 0 Å². The Morgan fingerprint density at radius 1 is 1.20 bits per heavy atom. The van der Waals surface area contributed by atoms with Gasteiger partial charge in [-0.25, -0.2) is 5.43 Å². The molecule has 2 aromatic rings. The summed E-state index contributed by atoms with van der Waals surface area (Å²) in [6.07, 6.45) is 1.65. The molecule has 0 atom stereocenters. The Balaban J connectivity index is 1.97. The maximum atomic E-state index is 11.7. The minimum atomic E-state index is -0.178. The molecule has 0 aliphatic carbocycles. The molecule has 1 amide bonds. The predicted molar refractivity (Wildman–Crippen MR) is 84.5 cm³/mol. The first-order chi connectivity index (χ1) is 9.47. The zero-order valence-corrected chi connectivity index (χ0v) is 12.7. The van der Waals surface area contributed by atoms with E-state index in [0.29, 0.717) is 4.88 Å². The van der Waals surface area contributed by atoms with E-state index in [0.717, 1.165) is 5.56 Å². The summed E-state index contributed by atoms with van der Waals surface area (Å²) >= 11 is 1.40. The summed E-state index contributed by atoms with van der Waals surface area (Å²) in [7, 11) is 0. The van der Waals surface area contributed by atoms with Gasteiger partial charge >= 0.3 is 0 Å². The highest BCUT2D eigenvalue weighted by Crippen LogP contribution is 2.21. The molecule has 104 valence electrons. The number of amides is 1. The second kappa shape index (κ2) is 6.01. The molecule has 0 fully saturated rings. The predicted octanol–water partition coefficient (Wildman–Crippen LogP) is 3.81. The van der Waals surface area contributed by atoms with Crippen LogP contribution < -0.4 is 5.43 Å². The molecule has 0 unspecified atom stereocenters. The second-order valence-corrected chi connectivity index (χ2v) is 6.50. The van der Waals surface area contributed by atoms with Crippen LogP contribution >= 0.6 is 11.3 Å². The van der Waals surface area contributed by atoms with Crippen LogP contribution in [-0.2, 0) is 5.41 Å². The van der Waals surface area contributed by atoms with Crippen LogP contribution in [0.1, 0.15) is 41.6 Å². The Bertz CT molecular complexity index is 592. The lowest BCUT2D eigenvalue weighted by molar-refractivity contribution is 0.0959.